The van der Waals surface area contributed by atoms with Crippen LogP contribution in [0, 0.1) is 11.3 Å². The van der Waals surface area contributed by atoms with Crippen molar-refractivity contribution in [1.29, 1.82) is 0 Å². The SMILES string of the molecule is CC(C)Cn1nc(C(=O)N2C[C@@H](c3ccccc3)C(C)(C)C2)c2ccccc2c1=O. The Labute approximate surface area is 177 Å². The monoisotopic (exact) mass is 403 g/mol. The number of rotatable bonds is 4. The lowest BCUT2D eigenvalue weighted by Gasteiger charge is -2.25. The number of carbonyl (C=O) groups is 1. The Balaban J connectivity index is 1.75. The molecule has 1 saturated heterocycles. The zero-order valence-corrected chi connectivity index (χ0v) is 18.1. The van der Waals surface area contributed by atoms with Crippen molar-refractivity contribution < 1.29 is 4.79 Å². The predicted molar refractivity (Wildman–Crippen MR) is 120 cm³/mol. The van der Waals surface area contributed by atoms with Crippen LogP contribution in [-0.4, -0.2) is 33.7 Å². The Morgan fingerprint density at radius 3 is 2.37 bits per heavy atom. The Morgan fingerprint density at radius 2 is 1.70 bits per heavy atom. The molecular formula is C25H29N3O2. The second kappa shape index (κ2) is 7.71. The number of hydrogen-bond donors (Lipinski definition) is 0. The van der Waals surface area contributed by atoms with Gasteiger partial charge in [0.2, 0.25) is 0 Å². The van der Waals surface area contributed by atoms with Crippen LogP contribution in [0.5, 0.6) is 0 Å². The highest BCUT2D eigenvalue weighted by atomic mass is 16.2. The molecule has 1 aromatic heterocycles. The first kappa shape index (κ1) is 20.3. The molecule has 2 heterocycles. The van der Waals surface area contributed by atoms with Gasteiger partial charge in [-0.05, 0) is 23.0 Å². The molecule has 1 aliphatic heterocycles. The summed E-state index contributed by atoms with van der Waals surface area (Å²) in [5.41, 5.74) is 1.44. The number of carbonyl (C=O) groups excluding carboxylic acids is 1. The van der Waals surface area contributed by atoms with Crippen LogP contribution in [0.4, 0.5) is 0 Å². The second-order valence-corrected chi connectivity index (χ2v) is 9.41. The smallest absolute Gasteiger partial charge is 0.274 e. The summed E-state index contributed by atoms with van der Waals surface area (Å²) < 4.78 is 1.45. The molecule has 30 heavy (non-hydrogen) atoms. The molecule has 4 rings (SSSR count). The summed E-state index contributed by atoms with van der Waals surface area (Å²) in [5.74, 6) is 0.415. The third-order valence-corrected chi connectivity index (χ3v) is 6.04. The molecule has 0 spiro atoms. The van der Waals surface area contributed by atoms with Crippen molar-refractivity contribution in [1.82, 2.24) is 14.7 Å². The van der Waals surface area contributed by atoms with E-state index in [-0.39, 0.29) is 28.7 Å². The highest BCUT2D eigenvalue weighted by Crippen LogP contribution is 2.42. The van der Waals surface area contributed by atoms with E-state index < -0.39 is 0 Å². The van der Waals surface area contributed by atoms with Gasteiger partial charge >= 0.3 is 0 Å². The molecule has 1 aliphatic rings. The number of amides is 1. The van der Waals surface area contributed by atoms with Gasteiger partial charge in [-0.2, -0.15) is 5.10 Å². The van der Waals surface area contributed by atoms with Gasteiger partial charge in [-0.15, -0.1) is 0 Å². The van der Waals surface area contributed by atoms with Crippen molar-refractivity contribution in [3.63, 3.8) is 0 Å². The van der Waals surface area contributed by atoms with E-state index in [2.05, 4.69) is 31.1 Å². The summed E-state index contributed by atoms with van der Waals surface area (Å²) in [6, 6.07) is 17.7. The van der Waals surface area contributed by atoms with Crippen molar-refractivity contribution in [3.05, 3.63) is 76.2 Å². The van der Waals surface area contributed by atoms with Gasteiger partial charge in [0.1, 0.15) is 0 Å². The zero-order valence-electron chi connectivity index (χ0n) is 18.1. The maximum Gasteiger partial charge on any atom is 0.274 e. The summed E-state index contributed by atoms with van der Waals surface area (Å²) in [6.07, 6.45) is 0. The minimum atomic E-state index is -0.139. The molecule has 5 heteroatoms. The molecule has 5 nitrogen and oxygen atoms in total. The van der Waals surface area contributed by atoms with E-state index in [1.165, 1.54) is 10.2 Å². The summed E-state index contributed by atoms with van der Waals surface area (Å²) in [5, 5.41) is 5.73. The Kier molecular flexibility index (Phi) is 5.22. The molecule has 0 unspecified atom stereocenters. The first-order chi connectivity index (χ1) is 14.3. The van der Waals surface area contributed by atoms with Gasteiger partial charge < -0.3 is 4.90 Å². The van der Waals surface area contributed by atoms with Gasteiger partial charge in [0.25, 0.3) is 11.5 Å². The summed E-state index contributed by atoms with van der Waals surface area (Å²) in [4.78, 5) is 28.4. The van der Waals surface area contributed by atoms with E-state index in [0.29, 0.717) is 36.1 Å². The third-order valence-electron chi connectivity index (χ3n) is 6.04. The molecule has 0 saturated carbocycles. The number of hydrogen-bond acceptors (Lipinski definition) is 3. The lowest BCUT2D eigenvalue weighted by atomic mass is 9.78. The molecule has 1 fully saturated rings. The predicted octanol–water partition coefficient (Wildman–Crippen LogP) is 4.32. The zero-order chi connectivity index (χ0) is 21.5. The van der Waals surface area contributed by atoms with Crippen molar-refractivity contribution in [2.24, 2.45) is 11.3 Å². The summed E-state index contributed by atoms with van der Waals surface area (Å²) in [6.45, 7) is 10.3. The minimum Gasteiger partial charge on any atom is -0.336 e. The molecule has 0 aliphatic carbocycles. The number of fused-ring (bicyclic) bond motifs is 1. The van der Waals surface area contributed by atoms with E-state index in [4.69, 9.17) is 0 Å². The Bertz CT molecular complexity index is 1130. The number of aromatic nitrogens is 2. The lowest BCUT2D eigenvalue weighted by Crippen LogP contribution is -2.34. The average Bonchev–Trinajstić information content (AvgIpc) is 3.05. The first-order valence-electron chi connectivity index (χ1n) is 10.6. The molecule has 0 N–H and O–H groups in total. The maximum absolute atomic E-state index is 13.6. The van der Waals surface area contributed by atoms with Crippen LogP contribution >= 0.6 is 0 Å². The van der Waals surface area contributed by atoms with E-state index in [9.17, 15) is 9.59 Å². The summed E-state index contributed by atoms with van der Waals surface area (Å²) in [7, 11) is 0. The van der Waals surface area contributed by atoms with E-state index in [0.717, 1.165) is 0 Å². The number of likely N-dealkylation sites (tertiary alicyclic amines) is 1. The van der Waals surface area contributed by atoms with Crippen molar-refractivity contribution in [3.8, 4) is 0 Å². The van der Waals surface area contributed by atoms with Crippen LogP contribution < -0.4 is 5.56 Å². The van der Waals surface area contributed by atoms with Crippen LogP contribution in [0.3, 0.4) is 0 Å². The third kappa shape index (κ3) is 3.64. The normalized spacial score (nSPS) is 18.3. The molecule has 0 radical (unpaired) electrons. The van der Waals surface area contributed by atoms with Crippen molar-refractivity contribution in [2.45, 2.75) is 40.2 Å². The minimum absolute atomic E-state index is 0.0425. The topological polar surface area (TPSA) is 55.2 Å². The van der Waals surface area contributed by atoms with E-state index in [1.807, 2.05) is 55.1 Å². The molecule has 0 bridgehead atoms. The molecule has 3 aromatic rings. The van der Waals surface area contributed by atoms with Gasteiger partial charge in [0, 0.05) is 30.9 Å². The highest BCUT2D eigenvalue weighted by molar-refractivity contribution is 6.04. The number of benzene rings is 2. The van der Waals surface area contributed by atoms with Crippen LogP contribution in [-0.2, 0) is 6.54 Å². The van der Waals surface area contributed by atoms with Crippen LogP contribution in [0.2, 0.25) is 0 Å². The fourth-order valence-corrected chi connectivity index (χ4v) is 4.54. The van der Waals surface area contributed by atoms with Gasteiger partial charge in [-0.25, -0.2) is 4.68 Å². The molecule has 1 amide bonds. The highest BCUT2D eigenvalue weighted by Gasteiger charge is 2.42. The molecule has 156 valence electrons. The van der Waals surface area contributed by atoms with E-state index >= 15 is 0 Å². The Hall–Kier alpha value is -2.95. The molecule has 1 atom stereocenters. The van der Waals surface area contributed by atoms with Gasteiger partial charge in [-0.1, -0.05) is 76.2 Å². The lowest BCUT2D eigenvalue weighted by molar-refractivity contribution is 0.0771. The molecule has 2 aromatic carbocycles. The van der Waals surface area contributed by atoms with Crippen LogP contribution in [0.1, 0.15) is 49.7 Å². The average molecular weight is 404 g/mol. The standard InChI is InChI=1S/C25H29N3O2/c1-17(2)14-28-23(29)20-13-9-8-12-19(20)22(26-28)24(30)27-15-21(25(3,4)16-27)18-10-6-5-7-11-18/h5-13,17,21H,14-16H2,1-4H3/t21-/m0/s1. The van der Waals surface area contributed by atoms with Gasteiger partial charge in [-0.3, -0.25) is 9.59 Å². The fraction of sp³-hybridized carbons (Fsp3) is 0.400. The summed E-state index contributed by atoms with van der Waals surface area (Å²) >= 11 is 0. The number of nitrogens with zero attached hydrogens (tertiary/aromatic N) is 3. The maximum atomic E-state index is 13.6. The second-order valence-electron chi connectivity index (χ2n) is 9.41. The largest absolute Gasteiger partial charge is 0.336 e. The molecular weight excluding hydrogens is 374 g/mol. The van der Waals surface area contributed by atoms with Crippen molar-refractivity contribution in [2.75, 3.05) is 13.1 Å². The van der Waals surface area contributed by atoms with Crippen LogP contribution in [0.15, 0.2) is 59.4 Å². The Morgan fingerprint density at radius 1 is 1.07 bits per heavy atom. The van der Waals surface area contributed by atoms with E-state index in [1.54, 1.807) is 6.07 Å². The first-order valence-corrected chi connectivity index (χ1v) is 10.6. The van der Waals surface area contributed by atoms with Gasteiger partial charge in [0.15, 0.2) is 5.69 Å². The van der Waals surface area contributed by atoms with Crippen LogP contribution in [0.25, 0.3) is 10.8 Å². The quantitative estimate of drug-likeness (QED) is 0.652. The van der Waals surface area contributed by atoms with Crippen molar-refractivity contribution >= 4 is 16.7 Å². The van der Waals surface area contributed by atoms with Gasteiger partial charge in [0.05, 0.1) is 5.39 Å². The fourth-order valence-electron chi connectivity index (χ4n) is 4.54.